The van der Waals surface area contributed by atoms with Crippen LogP contribution >= 0.6 is 0 Å². The molecule has 0 N–H and O–H groups in total. The monoisotopic (exact) mass is 168 g/mol. The zero-order chi connectivity index (χ0) is 9.19. The molecule has 0 heterocycles. The van der Waals surface area contributed by atoms with Gasteiger partial charge in [-0.25, -0.2) is 0 Å². The van der Waals surface area contributed by atoms with Crippen molar-refractivity contribution in [3.63, 3.8) is 0 Å². The van der Waals surface area contributed by atoms with Crippen LogP contribution in [0.4, 0.5) is 0 Å². The maximum Gasteiger partial charge on any atom is 0.311 e. The van der Waals surface area contributed by atoms with Gasteiger partial charge < -0.3 is 4.74 Å². The van der Waals surface area contributed by atoms with Gasteiger partial charge in [0.05, 0.1) is 12.5 Å². The van der Waals surface area contributed by atoms with Crippen molar-refractivity contribution in [3.05, 3.63) is 13.3 Å². The van der Waals surface area contributed by atoms with Gasteiger partial charge in [0, 0.05) is 0 Å². The second kappa shape index (κ2) is 3.46. The van der Waals surface area contributed by atoms with Crippen molar-refractivity contribution < 1.29 is 9.53 Å². The van der Waals surface area contributed by atoms with Crippen molar-refractivity contribution in [1.29, 1.82) is 0 Å². The van der Waals surface area contributed by atoms with Gasteiger partial charge >= 0.3 is 5.97 Å². The molecule has 2 unspecified atom stereocenters. The van der Waals surface area contributed by atoms with Crippen LogP contribution in [0.2, 0.25) is 0 Å². The van der Waals surface area contributed by atoms with Gasteiger partial charge in [-0.3, -0.25) is 4.79 Å². The molecule has 0 aromatic rings. The molecule has 2 atom stereocenters. The Morgan fingerprint density at radius 1 is 1.83 bits per heavy atom. The first-order chi connectivity index (χ1) is 5.62. The third-order valence-electron chi connectivity index (χ3n) is 2.67. The van der Waals surface area contributed by atoms with Crippen LogP contribution in [-0.2, 0) is 9.53 Å². The first-order valence-electron chi connectivity index (χ1n) is 4.34. The summed E-state index contributed by atoms with van der Waals surface area (Å²) in [7, 11) is 1.44. The van der Waals surface area contributed by atoms with E-state index < -0.39 is 0 Å². The van der Waals surface area contributed by atoms with E-state index in [9.17, 15) is 4.79 Å². The fourth-order valence-electron chi connectivity index (χ4n) is 1.81. The molecule has 1 fully saturated rings. The van der Waals surface area contributed by atoms with E-state index in [-0.39, 0.29) is 11.4 Å². The fourth-order valence-corrected chi connectivity index (χ4v) is 1.81. The Morgan fingerprint density at radius 2 is 2.50 bits per heavy atom. The second-order valence-electron chi connectivity index (χ2n) is 3.71. The molecule has 1 saturated carbocycles. The minimum absolute atomic E-state index is 0.113. The maximum atomic E-state index is 11.3. The van der Waals surface area contributed by atoms with Gasteiger partial charge in [-0.2, -0.15) is 0 Å². The molecule has 0 spiro atoms. The predicted molar refractivity (Wildman–Crippen MR) is 47.1 cm³/mol. The van der Waals surface area contributed by atoms with Crippen molar-refractivity contribution in [3.8, 4) is 0 Å². The number of methoxy groups -OCH3 is 1. The average molecular weight is 168 g/mol. The lowest BCUT2D eigenvalue weighted by Crippen LogP contribution is -2.26. The number of hydrogen-bond acceptors (Lipinski definition) is 2. The van der Waals surface area contributed by atoms with Crippen LogP contribution in [0.1, 0.15) is 26.2 Å². The summed E-state index contributed by atoms with van der Waals surface area (Å²) in [5.74, 6) is 0.451. The lowest BCUT2D eigenvalue weighted by atomic mass is 9.87. The smallest absolute Gasteiger partial charge is 0.311 e. The van der Waals surface area contributed by atoms with Gasteiger partial charge in [-0.1, -0.05) is 13.3 Å². The van der Waals surface area contributed by atoms with Gasteiger partial charge in [0.15, 0.2) is 0 Å². The third-order valence-corrected chi connectivity index (χ3v) is 2.67. The van der Waals surface area contributed by atoms with Crippen LogP contribution in [0.25, 0.3) is 0 Å². The highest BCUT2D eigenvalue weighted by Gasteiger charge is 2.41. The molecule has 68 valence electrons. The molecule has 12 heavy (non-hydrogen) atoms. The van der Waals surface area contributed by atoms with Crippen LogP contribution in [0.3, 0.4) is 0 Å². The summed E-state index contributed by atoms with van der Waals surface area (Å²) in [4.78, 5) is 11.3. The van der Waals surface area contributed by atoms with E-state index in [0.29, 0.717) is 5.92 Å². The summed E-state index contributed by atoms with van der Waals surface area (Å²) < 4.78 is 4.74. The molecular formula is C10H16O2. The Balaban J connectivity index is 2.57. The second-order valence-corrected chi connectivity index (χ2v) is 3.71. The van der Waals surface area contributed by atoms with E-state index in [1.807, 2.05) is 6.92 Å². The highest BCUT2D eigenvalue weighted by Crippen LogP contribution is 2.42. The van der Waals surface area contributed by atoms with Crippen LogP contribution in [0.5, 0.6) is 0 Å². The summed E-state index contributed by atoms with van der Waals surface area (Å²) in [5.41, 5.74) is -0.350. The minimum atomic E-state index is -0.350. The molecule has 0 aromatic carbocycles. The highest BCUT2D eigenvalue weighted by atomic mass is 16.5. The molecular weight excluding hydrogens is 152 g/mol. The standard InChI is InChI=1S/C10H16O2/c1-4-8-5-6-10(2,7-8)9(11)12-3/h6,8H,1,4-5,7H2,2-3H3. The summed E-state index contributed by atoms with van der Waals surface area (Å²) in [5, 5.41) is 0. The van der Waals surface area contributed by atoms with Gasteiger partial charge in [0.1, 0.15) is 0 Å². The molecule has 2 heteroatoms. The third kappa shape index (κ3) is 1.62. The van der Waals surface area contributed by atoms with Crippen molar-refractivity contribution in [2.24, 2.45) is 11.3 Å². The average Bonchev–Trinajstić information content (AvgIpc) is 2.47. The number of carbonyl (C=O) groups excluding carboxylic acids is 1. The van der Waals surface area contributed by atoms with E-state index in [0.717, 1.165) is 19.3 Å². The van der Waals surface area contributed by atoms with Crippen LogP contribution in [0.15, 0.2) is 0 Å². The van der Waals surface area contributed by atoms with Crippen LogP contribution in [0, 0.1) is 24.7 Å². The fraction of sp³-hybridized carbons (Fsp3) is 0.700. The van der Waals surface area contributed by atoms with E-state index in [4.69, 9.17) is 4.74 Å². The molecule has 0 saturated heterocycles. The Morgan fingerprint density at radius 3 is 2.92 bits per heavy atom. The van der Waals surface area contributed by atoms with Gasteiger partial charge in [-0.15, -0.1) is 0 Å². The summed E-state index contributed by atoms with van der Waals surface area (Å²) in [6.07, 6.45) is 4.86. The number of ether oxygens (including phenoxy) is 1. The normalized spacial score (nSPS) is 35.1. The number of carbonyl (C=O) groups is 1. The molecule has 0 aromatic heterocycles. The molecule has 1 aliphatic carbocycles. The zero-order valence-electron chi connectivity index (χ0n) is 7.80. The molecule has 1 aliphatic rings. The van der Waals surface area contributed by atoms with Crippen LogP contribution in [-0.4, -0.2) is 13.1 Å². The van der Waals surface area contributed by atoms with Crippen molar-refractivity contribution in [1.82, 2.24) is 0 Å². The highest BCUT2D eigenvalue weighted by molar-refractivity contribution is 5.78. The topological polar surface area (TPSA) is 26.3 Å². The SMILES string of the molecule is [CH2]CC1C[CH]C(C)(C(=O)OC)C1. The van der Waals surface area contributed by atoms with E-state index in [2.05, 4.69) is 13.3 Å². The van der Waals surface area contributed by atoms with Crippen molar-refractivity contribution in [2.75, 3.05) is 7.11 Å². The van der Waals surface area contributed by atoms with Crippen molar-refractivity contribution >= 4 is 5.97 Å². The lowest BCUT2D eigenvalue weighted by molar-refractivity contribution is -0.149. The quantitative estimate of drug-likeness (QED) is 0.589. The number of esters is 1. The predicted octanol–water partition coefficient (Wildman–Crippen LogP) is 2.00. The Labute approximate surface area is 74.3 Å². The van der Waals surface area contributed by atoms with Crippen LogP contribution < -0.4 is 0 Å². The maximum absolute atomic E-state index is 11.3. The molecule has 0 bridgehead atoms. The molecule has 2 radical (unpaired) electrons. The number of hydrogen-bond donors (Lipinski definition) is 0. The van der Waals surface area contributed by atoms with Crippen molar-refractivity contribution in [2.45, 2.75) is 26.2 Å². The first-order valence-corrected chi connectivity index (χ1v) is 4.34. The summed E-state index contributed by atoms with van der Waals surface area (Å²) in [6.45, 7) is 5.79. The first kappa shape index (κ1) is 9.56. The Hall–Kier alpha value is -0.530. The minimum Gasteiger partial charge on any atom is -0.469 e. The van der Waals surface area contributed by atoms with E-state index in [1.54, 1.807) is 0 Å². The molecule has 0 amide bonds. The summed E-state index contributed by atoms with van der Waals surface area (Å²) >= 11 is 0. The Bertz CT molecular complexity index is 177. The number of rotatable bonds is 2. The summed E-state index contributed by atoms with van der Waals surface area (Å²) in [6, 6.07) is 0. The van der Waals surface area contributed by atoms with E-state index in [1.165, 1.54) is 7.11 Å². The van der Waals surface area contributed by atoms with E-state index >= 15 is 0 Å². The van der Waals surface area contributed by atoms with Gasteiger partial charge in [-0.05, 0) is 32.1 Å². The lowest BCUT2D eigenvalue weighted by Gasteiger charge is -2.19. The largest absolute Gasteiger partial charge is 0.469 e. The molecule has 2 nitrogen and oxygen atoms in total. The molecule has 1 rings (SSSR count). The van der Waals surface area contributed by atoms with Gasteiger partial charge in [0.25, 0.3) is 0 Å². The molecule has 0 aliphatic heterocycles. The Kier molecular flexibility index (Phi) is 2.76. The van der Waals surface area contributed by atoms with Gasteiger partial charge in [0.2, 0.25) is 0 Å². The zero-order valence-corrected chi connectivity index (χ0v) is 7.80.